The molecule has 4 nitrogen and oxygen atoms in total. The average molecular weight is 263 g/mol. The Morgan fingerprint density at radius 1 is 0.900 bits per heavy atom. The number of hydrogen-bond acceptors (Lipinski definition) is 3. The van der Waals surface area contributed by atoms with Crippen LogP contribution in [0, 0.1) is 6.92 Å². The van der Waals surface area contributed by atoms with E-state index in [4.69, 9.17) is 0 Å². The van der Waals surface area contributed by atoms with Gasteiger partial charge in [-0.3, -0.25) is 0 Å². The molecule has 0 aliphatic carbocycles. The van der Waals surface area contributed by atoms with Gasteiger partial charge in [-0.2, -0.15) is 0 Å². The molecule has 0 unspecified atom stereocenters. The Bertz CT molecular complexity index is 738. The molecule has 0 aliphatic rings. The highest BCUT2D eigenvalue weighted by Gasteiger charge is 2.20. The van der Waals surface area contributed by atoms with Gasteiger partial charge in [-0.1, -0.05) is 18.2 Å². The van der Waals surface area contributed by atoms with Crippen molar-refractivity contribution in [1.82, 2.24) is 15.0 Å². The summed E-state index contributed by atoms with van der Waals surface area (Å²) in [7, 11) is 2.03. The fraction of sp³-hybridized carbons (Fsp3) is 0.125. The van der Waals surface area contributed by atoms with Crippen molar-refractivity contribution in [3.63, 3.8) is 0 Å². The van der Waals surface area contributed by atoms with E-state index in [1.807, 2.05) is 37.5 Å². The Kier molecular flexibility index (Phi) is 3.21. The van der Waals surface area contributed by atoms with Crippen LogP contribution in [0.2, 0.25) is 0 Å². The highest BCUT2D eigenvalue weighted by Crippen LogP contribution is 2.28. The normalized spacial score (nSPS) is 10.5. The summed E-state index contributed by atoms with van der Waals surface area (Å²) in [6.07, 6.45) is 5.08. The largest absolute Gasteiger partial charge is 0.225 e. The average Bonchev–Trinajstić information content (AvgIpc) is 2.49. The molecule has 3 rings (SSSR count). The van der Waals surface area contributed by atoms with Gasteiger partial charge in [0.2, 0.25) is 5.69 Å². The summed E-state index contributed by atoms with van der Waals surface area (Å²) < 4.78 is 2.10. The van der Waals surface area contributed by atoms with Crippen LogP contribution in [0.3, 0.4) is 0 Å². The third-order valence-electron chi connectivity index (χ3n) is 3.31. The van der Waals surface area contributed by atoms with Crippen molar-refractivity contribution in [2.45, 2.75) is 6.92 Å². The summed E-state index contributed by atoms with van der Waals surface area (Å²) in [6, 6.07) is 12.4. The van der Waals surface area contributed by atoms with Gasteiger partial charge in [-0.15, -0.1) is 0 Å². The zero-order chi connectivity index (χ0) is 13.9. The van der Waals surface area contributed by atoms with Crippen molar-refractivity contribution < 1.29 is 4.57 Å². The third-order valence-corrected chi connectivity index (χ3v) is 3.31. The number of aryl methyl sites for hydroxylation is 2. The summed E-state index contributed by atoms with van der Waals surface area (Å²) >= 11 is 0. The fourth-order valence-electron chi connectivity index (χ4n) is 2.34. The van der Waals surface area contributed by atoms with E-state index in [1.54, 1.807) is 0 Å². The standard InChI is InChI=1S/C16H15N4/c1-12-6-3-4-7-13(12)15-14(8-5-9-20(15)2)16-18-10-17-11-19-16/h3-11H,1-2H3/q+1. The lowest BCUT2D eigenvalue weighted by Crippen LogP contribution is -2.31. The Hall–Kier alpha value is -2.62. The van der Waals surface area contributed by atoms with Gasteiger partial charge in [-0.05, 0) is 24.6 Å². The first-order chi connectivity index (χ1) is 9.77. The highest BCUT2D eigenvalue weighted by atomic mass is 15.0. The van der Waals surface area contributed by atoms with Crippen LogP contribution in [0.25, 0.3) is 22.6 Å². The number of aromatic nitrogens is 4. The monoisotopic (exact) mass is 263 g/mol. The molecule has 1 aromatic carbocycles. The zero-order valence-corrected chi connectivity index (χ0v) is 11.5. The molecular weight excluding hydrogens is 248 g/mol. The molecule has 0 spiro atoms. The second kappa shape index (κ2) is 5.17. The maximum absolute atomic E-state index is 4.27. The van der Waals surface area contributed by atoms with Gasteiger partial charge in [-0.25, -0.2) is 19.5 Å². The number of nitrogens with zero attached hydrogens (tertiary/aromatic N) is 4. The van der Waals surface area contributed by atoms with Crippen molar-refractivity contribution in [3.8, 4) is 22.6 Å². The van der Waals surface area contributed by atoms with Crippen molar-refractivity contribution in [2.24, 2.45) is 7.05 Å². The highest BCUT2D eigenvalue weighted by molar-refractivity contribution is 5.76. The van der Waals surface area contributed by atoms with Crippen LogP contribution in [0.15, 0.2) is 55.2 Å². The molecular formula is C16H15N4+. The molecule has 2 aromatic heterocycles. The van der Waals surface area contributed by atoms with Crippen LogP contribution < -0.4 is 4.57 Å². The predicted molar refractivity (Wildman–Crippen MR) is 76.6 cm³/mol. The zero-order valence-electron chi connectivity index (χ0n) is 11.5. The third kappa shape index (κ3) is 2.16. The number of benzene rings is 1. The lowest BCUT2D eigenvalue weighted by atomic mass is 10.0. The molecule has 0 saturated heterocycles. The van der Waals surface area contributed by atoms with E-state index in [0.29, 0.717) is 5.82 Å². The van der Waals surface area contributed by atoms with E-state index in [0.717, 1.165) is 11.3 Å². The van der Waals surface area contributed by atoms with E-state index in [1.165, 1.54) is 23.8 Å². The van der Waals surface area contributed by atoms with Crippen molar-refractivity contribution >= 4 is 0 Å². The van der Waals surface area contributed by atoms with E-state index >= 15 is 0 Å². The Labute approximate surface area is 117 Å². The summed E-state index contributed by atoms with van der Waals surface area (Å²) in [5, 5.41) is 0. The van der Waals surface area contributed by atoms with Crippen molar-refractivity contribution in [2.75, 3.05) is 0 Å². The molecule has 0 N–H and O–H groups in total. The Balaban J connectivity index is 2.29. The van der Waals surface area contributed by atoms with E-state index in [2.05, 4.69) is 38.6 Å². The smallest absolute Gasteiger partial charge is 0.223 e. The lowest BCUT2D eigenvalue weighted by molar-refractivity contribution is -0.660. The van der Waals surface area contributed by atoms with E-state index in [-0.39, 0.29) is 0 Å². The molecule has 0 amide bonds. The van der Waals surface area contributed by atoms with Crippen LogP contribution in [0.5, 0.6) is 0 Å². The van der Waals surface area contributed by atoms with E-state index < -0.39 is 0 Å². The maximum Gasteiger partial charge on any atom is 0.223 e. The Morgan fingerprint density at radius 2 is 1.60 bits per heavy atom. The number of pyridine rings is 1. The van der Waals surface area contributed by atoms with Gasteiger partial charge in [0.1, 0.15) is 19.7 Å². The van der Waals surface area contributed by atoms with Crippen molar-refractivity contribution in [3.05, 3.63) is 60.8 Å². The van der Waals surface area contributed by atoms with Gasteiger partial charge in [0.15, 0.2) is 12.0 Å². The maximum atomic E-state index is 4.27. The SMILES string of the molecule is Cc1ccccc1-c1c(-c2ncncn2)ccc[n+]1C. The van der Waals surface area contributed by atoms with Crippen LogP contribution in [0.4, 0.5) is 0 Å². The van der Waals surface area contributed by atoms with Gasteiger partial charge in [0, 0.05) is 11.6 Å². The summed E-state index contributed by atoms with van der Waals surface area (Å²) in [5.74, 6) is 0.689. The minimum Gasteiger partial charge on any atom is -0.225 e. The van der Waals surface area contributed by atoms with Crippen LogP contribution in [0.1, 0.15) is 5.56 Å². The molecule has 2 heterocycles. The van der Waals surface area contributed by atoms with Gasteiger partial charge in [0.05, 0.1) is 5.56 Å². The molecule has 0 atom stereocenters. The molecule has 0 fully saturated rings. The second-order valence-corrected chi connectivity index (χ2v) is 4.66. The van der Waals surface area contributed by atoms with Gasteiger partial charge >= 0.3 is 0 Å². The molecule has 0 bridgehead atoms. The molecule has 98 valence electrons. The minimum atomic E-state index is 0.689. The summed E-state index contributed by atoms with van der Waals surface area (Å²) in [4.78, 5) is 12.4. The van der Waals surface area contributed by atoms with Crippen LogP contribution >= 0.6 is 0 Å². The van der Waals surface area contributed by atoms with Crippen molar-refractivity contribution in [1.29, 1.82) is 0 Å². The first-order valence-electron chi connectivity index (χ1n) is 6.44. The quantitative estimate of drug-likeness (QED) is 0.666. The molecule has 0 radical (unpaired) electrons. The topological polar surface area (TPSA) is 42.6 Å². The van der Waals surface area contributed by atoms with Crippen LogP contribution in [-0.2, 0) is 7.05 Å². The molecule has 4 heteroatoms. The summed E-state index contributed by atoms with van der Waals surface area (Å²) in [5.41, 5.74) is 4.53. The minimum absolute atomic E-state index is 0.689. The van der Waals surface area contributed by atoms with Gasteiger partial charge in [0.25, 0.3) is 0 Å². The molecule has 0 aliphatic heterocycles. The predicted octanol–water partition coefficient (Wildman–Crippen LogP) is 2.34. The second-order valence-electron chi connectivity index (χ2n) is 4.66. The fourth-order valence-corrected chi connectivity index (χ4v) is 2.34. The Morgan fingerprint density at radius 3 is 2.35 bits per heavy atom. The number of rotatable bonds is 2. The lowest BCUT2D eigenvalue weighted by Gasteiger charge is -2.08. The summed E-state index contributed by atoms with van der Waals surface area (Å²) in [6.45, 7) is 2.11. The molecule has 3 aromatic rings. The molecule has 20 heavy (non-hydrogen) atoms. The van der Waals surface area contributed by atoms with Crippen LogP contribution in [-0.4, -0.2) is 15.0 Å². The van der Waals surface area contributed by atoms with Gasteiger partial charge < -0.3 is 0 Å². The first-order valence-corrected chi connectivity index (χ1v) is 6.44. The van der Waals surface area contributed by atoms with E-state index in [9.17, 15) is 0 Å². The molecule has 0 saturated carbocycles. The number of hydrogen-bond donors (Lipinski definition) is 0. The first kappa shape index (κ1) is 12.4.